The molecule has 4 nitrogen and oxygen atoms in total. The molecule has 5 aromatic rings. The molecule has 0 saturated heterocycles. The minimum atomic E-state index is 0.638. The summed E-state index contributed by atoms with van der Waals surface area (Å²) < 4.78 is 15.8. The summed E-state index contributed by atoms with van der Waals surface area (Å²) in [6.07, 6.45) is 14.5. The van der Waals surface area contributed by atoms with Gasteiger partial charge in [-0.25, -0.2) is 9.97 Å². The highest BCUT2D eigenvalue weighted by Gasteiger charge is 2.28. The van der Waals surface area contributed by atoms with Crippen molar-refractivity contribution in [2.45, 2.75) is 90.9 Å². The Morgan fingerprint density at radius 2 is 0.955 bits per heavy atom. The Kier molecular flexibility index (Phi) is 12.9. The Morgan fingerprint density at radius 1 is 0.545 bits per heavy atom. The standard InChI is InChI=1S/C36H42Br2N2O2S2/c1-3-5-7-9-11-15-23-41-35-31(27-19-21-29(37)43-27)33-34(40-26-18-14-13-17-25(26)39-33)32(28-20-22-30(38)44-28)36(35)42-24-16-12-10-8-6-4-2/h13-14,17-22H,3-12,15-16,23-24H2,1-2H3. The fraction of sp³-hybridized carbons (Fsp3) is 0.444. The zero-order chi connectivity index (χ0) is 30.7. The average molecular weight is 759 g/mol. The van der Waals surface area contributed by atoms with E-state index in [0.717, 1.165) is 87.7 Å². The highest BCUT2D eigenvalue weighted by Crippen LogP contribution is 2.53. The molecular weight excluding hydrogens is 716 g/mol. The maximum atomic E-state index is 6.83. The number of aromatic nitrogens is 2. The number of halogens is 2. The number of rotatable bonds is 18. The van der Waals surface area contributed by atoms with Crippen LogP contribution in [0.3, 0.4) is 0 Å². The van der Waals surface area contributed by atoms with Crippen LogP contribution >= 0.6 is 54.5 Å². The third-order valence-electron chi connectivity index (χ3n) is 7.83. The van der Waals surface area contributed by atoms with Gasteiger partial charge in [0.25, 0.3) is 0 Å². The molecule has 0 bridgehead atoms. The van der Waals surface area contributed by atoms with Gasteiger partial charge in [0.2, 0.25) is 0 Å². The molecule has 0 saturated carbocycles. The maximum Gasteiger partial charge on any atom is 0.172 e. The van der Waals surface area contributed by atoms with E-state index in [9.17, 15) is 0 Å². The summed E-state index contributed by atoms with van der Waals surface area (Å²) in [6, 6.07) is 16.6. The third-order valence-corrected chi connectivity index (χ3v) is 11.1. The minimum Gasteiger partial charge on any atom is -0.489 e. The van der Waals surface area contributed by atoms with Crippen molar-refractivity contribution < 1.29 is 9.47 Å². The number of hydrogen-bond donors (Lipinski definition) is 0. The second-order valence-corrected chi connectivity index (χ2v) is 16.2. The summed E-state index contributed by atoms with van der Waals surface area (Å²) in [5, 5.41) is 0. The van der Waals surface area contributed by atoms with E-state index in [1.54, 1.807) is 22.7 Å². The molecule has 3 aromatic heterocycles. The van der Waals surface area contributed by atoms with E-state index >= 15 is 0 Å². The van der Waals surface area contributed by atoms with Gasteiger partial charge < -0.3 is 9.47 Å². The van der Waals surface area contributed by atoms with Crippen LogP contribution in [0.5, 0.6) is 11.5 Å². The highest BCUT2D eigenvalue weighted by atomic mass is 79.9. The molecule has 0 aliphatic carbocycles. The summed E-state index contributed by atoms with van der Waals surface area (Å²) in [6.45, 7) is 5.80. The first-order valence-corrected chi connectivity index (χ1v) is 19.4. The molecule has 0 spiro atoms. The van der Waals surface area contributed by atoms with Crippen molar-refractivity contribution >= 4 is 76.6 Å². The Balaban J connectivity index is 1.64. The van der Waals surface area contributed by atoms with E-state index in [0.29, 0.717) is 13.2 Å². The summed E-state index contributed by atoms with van der Waals surface area (Å²) in [4.78, 5) is 12.7. The summed E-state index contributed by atoms with van der Waals surface area (Å²) in [5.41, 5.74) is 5.38. The number of nitrogens with zero attached hydrogens (tertiary/aromatic N) is 2. The molecule has 0 N–H and O–H groups in total. The van der Waals surface area contributed by atoms with Crippen LogP contribution in [0, 0.1) is 0 Å². The van der Waals surface area contributed by atoms with Crippen LogP contribution in [0.15, 0.2) is 56.1 Å². The van der Waals surface area contributed by atoms with E-state index in [4.69, 9.17) is 19.4 Å². The van der Waals surface area contributed by atoms with E-state index in [1.807, 2.05) is 24.3 Å². The summed E-state index contributed by atoms with van der Waals surface area (Å²) in [5.74, 6) is 1.57. The number of unbranched alkanes of at least 4 members (excludes halogenated alkanes) is 10. The van der Waals surface area contributed by atoms with Gasteiger partial charge in [-0.2, -0.15) is 0 Å². The van der Waals surface area contributed by atoms with Crippen LogP contribution in [0.1, 0.15) is 90.9 Å². The molecule has 234 valence electrons. The Bertz CT molecular complexity index is 1530. The van der Waals surface area contributed by atoms with Crippen molar-refractivity contribution in [2.24, 2.45) is 0 Å². The normalized spacial score (nSPS) is 11.5. The monoisotopic (exact) mass is 756 g/mol. The van der Waals surface area contributed by atoms with Gasteiger partial charge in [0.05, 0.1) is 42.9 Å². The smallest absolute Gasteiger partial charge is 0.172 e. The molecule has 2 aromatic carbocycles. The lowest BCUT2D eigenvalue weighted by molar-refractivity contribution is 0.260. The average Bonchev–Trinajstić information content (AvgIpc) is 3.66. The molecule has 0 fully saturated rings. The highest BCUT2D eigenvalue weighted by molar-refractivity contribution is 9.11. The molecule has 0 unspecified atom stereocenters. The van der Waals surface area contributed by atoms with E-state index in [-0.39, 0.29) is 0 Å². The van der Waals surface area contributed by atoms with Crippen LogP contribution in [-0.4, -0.2) is 23.2 Å². The van der Waals surface area contributed by atoms with Crippen LogP contribution in [0.25, 0.3) is 42.9 Å². The van der Waals surface area contributed by atoms with Gasteiger partial charge in [-0.15, -0.1) is 22.7 Å². The molecule has 0 aliphatic heterocycles. The van der Waals surface area contributed by atoms with Crippen molar-refractivity contribution in [1.82, 2.24) is 9.97 Å². The predicted molar refractivity (Wildman–Crippen MR) is 197 cm³/mol. The second kappa shape index (κ2) is 17.1. The molecule has 0 aliphatic rings. The Labute approximate surface area is 286 Å². The van der Waals surface area contributed by atoms with Crippen molar-refractivity contribution in [3.8, 4) is 32.4 Å². The lowest BCUT2D eigenvalue weighted by atomic mass is 10.0. The first-order chi connectivity index (χ1) is 21.6. The van der Waals surface area contributed by atoms with Crippen LogP contribution in [0.4, 0.5) is 0 Å². The third kappa shape index (κ3) is 8.42. The molecule has 8 heteroatoms. The second-order valence-electron chi connectivity index (χ2n) is 11.3. The van der Waals surface area contributed by atoms with Gasteiger partial charge in [-0.1, -0.05) is 90.2 Å². The largest absolute Gasteiger partial charge is 0.489 e. The van der Waals surface area contributed by atoms with Crippen molar-refractivity contribution in [2.75, 3.05) is 13.2 Å². The van der Waals surface area contributed by atoms with Crippen LogP contribution in [0.2, 0.25) is 0 Å². The van der Waals surface area contributed by atoms with E-state index < -0.39 is 0 Å². The number of benzene rings is 2. The number of thiophene rings is 2. The Morgan fingerprint density at radius 3 is 1.34 bits per heavy atom. The molecule has 0 atom stereocenters. The SMILES string of the molecule is CCCCCCCCOc1c(OCCCCCCCC)c(-c2ccc(Br)s2)c2nc3ccccc3nc2c1-c1ccc(Br)s1. The van der Waals surface area contributed by atoms with Gasteiger partial charge in [0, 0.05) is 9.75 Å². The molecular formula is C36H42Br2N2O2S2. The van der Waals surface area contributed by atoms with Gasteiger partial charge in [0.1, 0.15) is 11.0 Å². The number of hydrogen-bond acceptors (Lipinski definition) is 6. The van der Waals surface area contributed by atoms with Gasteiger partial charge >= 0.3 is 0 Å². The summed E-state index contributed by atoms with van der Waals surface area (Å²) in [7, 11) is 0. The lowest BCUT2D eigenvalue weighted by Crippen LogP contribution is -2.07. The van der Waals surface area contributed by atoms with E-state index in [2.05, 4.69) is 70.0 Å². The quantitative estimate of drug-likeness (QED) is 0.0659. The topological polar surface area (TPSA) is 44.2 Å². The van der Waals surface area contributed by atoms with Crippen LogP contribution in [-0.2, 0) is 0 Å². The van der Waals surface area contributed by atoms with Crippen molar-refractivity contribution in [1.29, 1.82) is 0 Å². The first-order valence-electron chi connectivity index (χ1n) is 16.1. The summed E-state index contributed by atoms with van der Waals surface area (Å²) >= 11 is 10.8. The Hall–Kier alpha value is -2.00. The molecule has 0 amide bonds. The first kappa shape index (κ1) is 33.4. The van der Waals surface area contributed by atoms with Gasteiger partial charge in [-0.3, -0.25) is 0 Å². The van der Waals surface area contributed by atoms with Crippen LogP contribution < -0.4 is 9.47 Å². The maximum absolute atomic E-state index is 6.83. The molecule has 5 rings (SSSR count). The zero-order valence-electron chi connectivity index (χ0n) is 25.8. The molecule has 44 heavy (non-hydrogen) atoms. The fourth-order valence-electron chi connectivity index (χ4n) is 5.53. The zero-order valence-corrected chi connectivity index (χ0v) is 30.6. The fourth-order valence-corrected chi connectivity index (χ4v) is 8.39. The van der Waals surface area contributed by atoms with Crippen molar-refractivity contribution in [3.63, 3.8) is 0 Å². The molecule has 3 heterocycles. The molecule has 0 radical (unpaired) electrons. The van der Waals surface area contributed by atoms with Gasteiger partial charge in [-0.05, 0) is 81.1 Å². The minimum absolute atomic E-state index is 0.638. The predicted octanol–water partition coefficient (Wildman–Crippen LogP) is 13.2. The van der Waals surface area contributed by atoms with Gasteiger partial charge in [0.15, 0.2) is 11.5 Å². The number of ether oxygens (including phenoxy) is 2. The number of fused-ring (bicyclic) bond motifs is 2. The van der Waals surface area contributed by atoms with E-state index in [1.165, 1.54) is 51.4 Å². The lowest BCUT2D eigenvalue weighted by Gasteiger charge is -2.21. The van der Waals surface area contributed by atoms with Crippen molar-refractivity contribution in [3.05, 3.63) is 56.1 Å². The number of para-hydroxylation sites is 2.